The molecule has 31 heavy (non-hydrogen) atoms. The summed E-state index contributed by atoms with van der Waals surface area (Å²) < 4.78 is 28.8. The molecule has 1 heterocycles. The highest BCUT2D eigenvalue weighted by molar-refractivity contribution is 6.19. The van der Waals surface area contributed by atoms with Crippen molar-refractivity contribution in [2.75, 3.05) is 21.3 Å². The third-order valence-corrected chi connectivity index (χ3v) is 7.15. The van der Waals surface area contributed by atoms with Crippen LogP contribution in [0.1, 0.15) is 57.8 Å². The third kappa shape index (κ3) is 3.26. The first kappa shape index (κ1) is 21.8. The van der Waals surface area contributed by atoms with Crippen LogP contribution in [0.5, 0.6) is 11.5 Å². The van der Waals surface area contributed by atoms with Gasteiger partial charge in [-0.1, -0.05) is 26.3 Å². The Morgan fingerprint density at radius 1 is 1.10 bits per heavy atom. The van der Waals surface area contributed by atoms with Crippen molar-refractivity contribution in [1.82, 2.24) is 0 Å². The number of Topliss-reactive ketones (excluding diaryl/α,β-unsaturated/α-hetero) is 1. The van der Waals surface area contributed by atoms with E-state index in [1.54, 1.807) is 14.2 Å². The highest BCUT2D eigenvalue weighted by atomic mass is 16.7. The van der Waals surface area contributed by atoms with E-state index in [9.17, 15) is 9.59 Å². The van der Waals surface area contributed by atoms with Crippen LogP contribution in [0.25, 0.3) is 0 Å². The first-order chi connectivity index (χ1) is 14.8. The smallest absolute Gasteiger partial charge is 0.341 e. The van der Waals surface area contributed by atoms with E-state index in [4.69, 9.17) is 23.7 Å². The molecule has 1 aliphatic heterocycles. The molecule has 168 valence electrons. The van der Waals surface area contributed by atoms with E-state index in [0.717, 1.165) is 30.4 Å². The number of esters is 1. The summed E-state index contributed by atoms with van der Waals surface area (Å²) in [5.41, 5.74) is 0.385. The second-order valence-corrected chi connectivity index (χ2v) is 8.89. The van der Waals surface area contributed by atoms with Crippen LogP contribution in [-0.4, -0.2) is 44.8 Å². The molecule has 0 amide bonds. The third-order valence-electron chi connectivity index (χ3n) is 7.15. The van der Waals surface area contributed by atoms with E-state index in [1.807, 2.05) is 18.2 Å². The maximum absolute atomic E-state index is 13.2. The number of ether oxygens (including phenoxy) is 5. The lowest BCUT2D eigenvalue weighted by atomic mass is 9.57. The first-order valence-corrected chi connectivity index (χ1v) is 10.7. The number of carbonyl (C=O) groups excluding carboxylic acids is 2. The van der Waals surface area contributed by atoms with Crippen LogP contribution in [0.4, 0.5) is 0 Å². The van der Waals surface area contributed by atoms with Gasteiger partial charge in [-0.3, -0.25) is 4.79 Å². The maximum atomic E-state index is 13.2. The maximum Gasteiger partial charge on any atom is 0.341 e. The van der Waals surface area contributed by atoms with Crippen LogP contribution >= 0.6 is 0 Å². The van der Waals surface area contributed by atoms with Gasteiger partial charge in [0.15, 0.2) is 23.6 Å². The number of methoxy groups -OCH3 is 3. The van der Waals surface area contributed by atoms with Gasteiger partial charge >= 0.3 is 5.97 Å². The van der Waals surface area contributed by atoms with Crippen LogP contribution in [0.15, 0.2) is 29.3 Å². The number of ketones is 1. The van der Waals surface area contributed by atoms with Crippen LogP contribution in [0.2, 0.25) is 0 Å². The average molecular weight is 430 g/mol. The molecule has 2 fully saturated rings. The first-order valence-electron chi connectivity index (χ1n) is 10.7. The van der Waals surface area contributed by atoms with E-state index >= 15 is 0 Å². The zero-order chi connectivity index (χ0) is 22.4. The van der Waals surface area contributed by atoms with Crippen molar-refractivity contribution in [3.05, 3.63) is 34.9 Å². The second-order valence-electron chi connectivity index (χ2n) is 8.89. The summed E-state index contributed by atoms with van der Waals surface area (Å²) in [6, 6.07) is 5.54. The number of fused-ring (bicyclic) bond motifs is 1. The molecule has 1 spiro atoms. The molecule has 0 aromatic heterocycles. The van der Waals surface area contributed by atoms with Crippen molar-refractivity contribution in [2.45, 2.75) is 63.9 Å². The largest absolute Gasteiger partial charge is 0.493 e. The summed E-state index contributed by atoms with van der Waals surface area (Å²) in [6.45, 7) is 4.10. The van der Waals surface area contributed by atoms with Gasteiger partial charge in [0.1, 0.15) is 11.2 Å². The fraction of sp³-hybridized carbons (Fsp3) is 0.583. The molecule has 2 aliphatic carbocycles. The highest BCUT2D eigenvalue weighted by Gasteiger charge is 2.64. The Hall–Kier alpha value is -2.38. The molecule has 1 saturated carbocycles. The van der Waals surface area contributed by atoms with Crippen molar-refractivity contribution in [2.24, 2.45) is 5.41 Å². The van der Waals surface area contributed by atoms with Gasteiger partial charge in [0.05, 0.1) is 27.4 Å². The van der Waals surface area contributed by atoms with Crippen molar-refractivity contribution < 1.29 is 33.3 Å². The molecule has 1 unspecified atom stereocenters. The summed E-state index contributed by atoms with van der Waals surface area (Å²) in [4.78, 5) is 25.7. The SMILES string of the molecule is COC(=O)C1=C2CCCC[C@@H]3OC(c4ccc(OC)c(OC)c4)O[C@@]3(CC1=O)C2(C)C. The molecule has 7 heteroatoms. The van der Waals surface area contributed by atoms with Crippen LogP contribution < -0.4 is 9.47 Å². The molecule has 1 aromatic rings. The summed E-state index contributed by atoms with van der Waals surface area (Å²) in [5.74, 6) is 0.413. The lowest BCUT2D eigenvalue weighted by Crippen LogP contribution is -2.58. The van der Waals surface area contributed by atoms with E-state index in [1.165, 1.54) is 7.11 Å². The van der Waals surface area contributed by atoms with E-state index < -0.39 is 23.3 Å². The fourth-order valence-corrected chi connectivity index (χ4v) is 5.40. The molecule has 3 atom stereocenters. The van der Waals surface area contributed by atoms with Crippen molar-refractivity contribution in [1.29, 1.82) is 0 Å². The highest BCUT2D eigenvalue weighted by Crippen LogP contribution is 2.59. The number of hydrogen-bond donors (Lipinski definition) is 0. The lowest BCUT2D eigenvalue weighted by Gasteiger charge is -2.51. The van der Waals surface area contributed by atoms with Crippen LogP contribution in [-0.2, 0) is 23.8 Å². The lowest BCUT2D eigenvalue weighted by molar-refractivity contribution is -0.152. The molecule has 2 bridgehead atoms. The summed E-state index contributed by atoms with van der Waals surface area (Å²) >= 11 is 0. The summed E-state index contributed by atoms with van der Waals surface area (Å²) in [6.07, 6.45) is 2.45. The van der Waals surface area contributed by atoms with Gasteiger partial charge in [-0.25, -0.2) is 4.79 Å². The van der Waals surface area contributed by atoms with Crippen molar-refractivity contribution >= 4 is 11.8 Å². The molecular weight excluding hydrogens is 400 g/mol. The average Bonchev–Trinajstić information content (AvgIpc) is 3.12. The Morgan fingerprint density at radius 3 is 2.52 bits per heavy atom. The van der Waals surface area contributed by atoms with E-state index in [-0.39, 0.29) is 23.9 Å². The molecule has 0 radical (unpaired) electrons. The molecule has 3 aliphatic rings. The summed E-state index contributed by atoms with van der Waals surface area (Å²) in [7, 11) is 4.48. The molecule has 0 N–H and O–H groups in total. The van der Waals surface area contributed by atoms with Crippen LogP contribution in [0, 0.1) is 5.41 Å². The van der Waals surface area contributed by atoms with Gasteiger partial charge in [0.25, 0.3) is 0 Å². The number of rotatable bonds is 4. The van der Waals surface area contributed by atoms with Gasteiger partial charge in [-0.15, -0.1) is 0 Å². The minimum atomic E-state index is -0.852. The normalized spacial score (nSPS) is 29.6. The zero-order valence-corrected chi connectivity index (χ0v) is 18.8. The molecule has 4 rings (SSSR count). The molecule has 1 aromatic carbocycles. The predicted octanol–water partition coefficient (Wildman–Crippen LogP) is 3.90. The second kappa shape index (κ2) is 7.95. The quantitative estimate of drug-likeness (QED) is 0.529. The van der Waals surface area contributed by atoms with Gasteiger partial charge in [0.2, 0.25) is 0 Å². The topological polar surface area (TPSA) is 80.3 Å². The Kier molecular flexibility index (Phi) is 5.60. The van der Waals surface area contributed by atoms with Crippen molar-refractivity contribution in [3.8, 4) is 11.5 Å². The van der Waals surface area contributed by atoms with Crippen LogP contribution in [0.3, 0.4) is 0 Å². The summed E-state index contributed by atoms with van der Waals surface area (Å²) in [5, 5.41) is 0. The Bertz CT molecular complexity index is 932. The molecule has 7 nitrogen and oxygen atoms in total. The Labute approximate surface area is 182 Å². The molecular formula is C24H30O7. The minimum Gasteiger partial charge on any atom is -0.493 e. The monoisotopic (exact) mass is 430 g/mol. The standard InChI is InChI=1S/C24H30O7/c1-23(2)15-8-6-7-9-19-24(23,13-16(25)20(15)21(26)29-5)31-22(30-19)14-10-11-17(27-3)18(12-14)28-4/h10-12,19,22H,6-9,13H2,1-5H3/t19-,22?,24+/m0/s1. The fourth-order valence-electron chi connectivity index (χ4n) is 5.40. The minimum absolute atomic E-state index is 0.0857. The molecule has 1 saturated heterocycles. The number of hydrogen-bond acceptors (Lipinski definition) is 7. The van der Waals surface area contributed by atoms with Gasteiger partial charge in [-0.2, -0.15) is 0 Å². The van der Waals surface area contributed by atoms with Gasteiger partial charge in [-0.05, 0) is 37.0 Å². The number of carbonyl (C=O) groups is 2. The van der Waals surface area contributed by atoms with E-state index in [2.05, 4.69) is 13.8 Å². The Balaban J connectivity index is 1.78. The van der Waals surface area contributed by atoms with Gasteiger partial charge < -0.3 is 23.7 Å². The Morgan fingerprint density at radius 2 is 1.84 bits per heavy atom. The predicted molar refractivity (Wildman–Crippen MR) is 112 cm³/mol. The van der Waals surface area contributed by atoms with Crippen molar-refractivity contribution in [3.63, 3.8) is 0 Å². The van der Waals surface area contributed by atoms with E-state index in [0.29, 0.717) is 17.9 Å². The number of benzene rings is 1. The van der Waals surface area contributed by atoms with Gasteiger partial charge in [0, 0.05) is 17.4 Å². The zero-order valence-electron chi connectivity index (χ0n) is 18.8.